The number of aromatic nitrogens is 1. The molecular formula is C49H32N2O. The van der Waals surface area contributed by atoms with Crippen LogP contribution in [0.2, 0.25) is 0 Å². The van der Waals surface area contributed by atoms with Gasteiger partial charge in [-0.2, -0.15) is 0 Å². The highest BCUT2D eigenvalue weighted by Gasteiger charge is 2.22. The van der Waals surface area contributed by atoms with Crippen molar-refractivity contribution in [2.24, 2.45) is 0 Å². The summed E-state index contributed by atoms with van der Waals surface area (Å²) in [6.45, 7) is 0. The van der Waals surface area contributed by atoms with Crippen molar-refractivity contribution in [2.45, 2.75) is 0 Å². The molecule has 0 N–H and O–H groups in total. The molecule has 10 rings (SSSR count). The normalized spacial score (nSPS) is 11.5. The van der Waals surface area contributed by atoms with Crippen molar-refractivity contribution >= 4 is 60.5 Å². The molecule has 0 amide bonds. The maximum absolute atomic E-state index is 6.63. The van der Waals surface area contributed by atoms with Crippen molar-refractivity contribution in [3.8, 4) is 33.4 Å². The van der Waals surface area contributed by atoms with Crippen LogP contribution in [-0.2, 0) is 0 Å². The maximum atomic E-state index is 6.63. The molecule has 0 spiro atoms. The number of nitrogens with zero attached hydrogens (tertiary/aromatic N) is 2. The van der Waals surface area contributed by atoms with Gasteiger partial charge in [0.05, 0.1) is 23.5 Å². The van der Waals surface area contributed by atoms with Gasteiger partial charge in [-0.1, -0.05) is 152 Å². The highest BCUT2D eigenvalue weighted by Crippen LogP contribution is 2.46. The topological polar surface area (TPSA) is 29.3 Å². The fourth-order valence-corrected chi connectivity index (χ4v) is 7.69. The first-order chi connectivity index (χ1) is 25.8. The number of rotatable bonds is 6. The van der Waals surface area contributed by atoms with Gasteiger partial charge in [0.2, 0.25) is 0 Å². The first-order valence-corrected chi connectivity index (χ1v) is 17.6. The number of benzene rings is 8. The summed E-state index contributed by atoms with van der Waals surface area (Å²) in [4.78, 5) is 7.10. The zero-order valence-electron chi connectivity index (χ0n) is 28.3. The van der Waals surface area contributed by atoms with E-state index in [0.717, 1.165) is 66.5 Å². The van der Waals surface area contributed by atoms with E-state index >= 15 is 0 Å². The molecule has 10 aromatic rings. The molecule has 0 atom stereocenters. The largest absolute Gasteiger partial charge is 0.454 e. The lowest BCUT2D eigenvalue weighted by Crippen LogP contribution is -2.11. The highest BCUT2D eigenvalue weighted by molar-refractivity contribution is 6.19. The Labute approximate surface area is 301 Å². The minimum absolute atomic E-state index is 0.755. The van der Waals surface area contributed by atoms with Crippen LogP contribution >= 0.6 is 0 Å². The van der Waals surface area contributed by atoms with Gasteiger partial charge in [0.15, 0.2) is 5.58 Å². The van der Waals surface area contributed by atoms with E-state index in [1.165, 1.54) is 27.5 Å². The Kier molecular flexibility index (Phi) is 7.14. The number of anilines is 3. The summed E-state index contributed by atoms with van der Waals surface area (Å²) in [5, 5.41) is 6.78. The molecule has 0 unspecified atom stereocenters. The number of hydrogen-bond acceptors (Lipinski definition) is 3. The van der Waals surface area contributed by atoms with Crippen molar-refractivity contribution in [3.63, 3.8) is 0 Å². The molecule has 0 radical (unpaired) electrons. The molecule has 0 saturated carbocycles. The molecule has 0 aliphatic heterocycles. The van der Waals surface area contributed by atoms with Crippen molar-refractivity contribution in [1.82, 2.24) is 4.98 Å². The van der Waals surface area contributed by atoms with Crippen LogP contribution in [0.25, 0.3) is 76.9 Å². The van der Waals surface area contributed by atoms with Gasteiger partial charge in [-0.25, -0.2) is 0 Å². The monoisotopic (exact) mass is 664 g/mol. The summed E-state index contributed by atoms with van der Waals surface area (Å²) in [5.74, 6) is 0. The Bertz CT molecular complexity index is 2890. The summed E-state index contributed by atoms with van der Waals surface area (Å²) in [5.41, 5.74) is 11.7. The van der Waals surface area contributed by atoms with E-state index in [0.29, 0.717) is 0 Å². The molecule has 3 heteroatoms. The SMILES string of the molecule is c1ccc(-c2ccc(N(c3ccc(-c4cccc5ccccc45)c(-c4ccccc4)c3)c3cncc4oc5c6ccccc6ccc5c34)cc2)cc1. The van der Waals surface area contributed by atoms with E-state index in [-0.39, 0.29) is 0 Å². The average Bonchev–Trinajstić information content (AvgIpc) is 3.62. The van der Waals surface area contributed by atoms with Gasteiger partial charge in [0, 0.05) is 22.1 Å². The number of pyridine rings is 1. The van der Waals surface area contributed by atoms with Crippen LogP contribution in [0.5, 0.6) is 0 Å². The molecule has 2 heterocycles. The molecule has 0 aliphatic rings. The Balaban J connectivity index is 1.23. The molecule has 8 aromatic carbocycles. The predicted octanol–water partition coefficient (Wildman–Crippen LogP) is 13.8. The lowest BCUT2D eigenvalue weighted by Gasteiger charge is -2.27. The Morgan fingerprint density at radius 1 is 0.404 bits per heavy atom. The zero-order chi connectivity index (χ0) is 34.4. The summed E-state index contributed by atoms with van der Waals surface area (Å²) in [7, 11) is 0. The van der Waals surface area contributed by atoms with Gasteiger partial charge >= 0.3 is 0 Å². The molecule has 0 aliphatic carbocycles. The molecular weight excluding hydrogens is 633 g/mol. The van der Waals surface area contributed by atoms with Crippen LogP contribution in [0, 0.1) is 0 Å². The predicted molar refractivity (Wildman–Crippen MR) is 218 cm³/mol. The van der Waals surface area contributed by atoms with E-state index in [4.69, 9.17) is 9.40 Å². The number of hydrogen-bond donors (Lipinski definition) is 0. The van der Waals surface area contributed by atoms with Gasteiger partial charge in [-0.3, -0.25) is 4.98 Å². The van der Waals surface area contributed by atoms with E-state index in [2.05, 4.69) is 187 Å². The molecule has 244 valence electrons. The third kappa shape index (κ3) is 5.02. The Morgan fingerprint density at radius 2 is 1.04 bits per heavy atom. The lowest BCUT2D eigenvalue weighted by atomic mass is 9.90. The van der Waals surface area contributed by atoms with Crippen molar-refractivity contribution in [2.75, 3.05) is 4.90 Å². The van der Waals surface area contributed by atoms with Gasteiger partial charge < -0.3 is 9.32 Å². The maximum Gasteiger partial charge on any atom is 0.155 e. The van der Waals surface area contributed by atoms with Gasteiger partial charge in [0.1, 0.15) is 5.58 Å². The second kappa shape index (κ2) is 12.4. The Hall–Kier alpha value is -6.97. The quantitative estimate of drug-likeness (QED) is 0.177. The fraction of sp³-hybridized carbons (Fsp3) is 0. The third-order valence-corrected chi connectivity index (χ3v) is 10.2. The van der Waals surface area contributed by atoms with Crippen molar-refractivity contribution in [1.29, 1.82) is 0 Å². The molecule has 0 saturated heterocycles. The van der Waals surface area contributed by atoms with Crippen LogP contribution in [0.3, 0.4) is 0 Å². The van der Waals surface area contributed by atoms with Gasteiger partial charge in [0.25, 0.3) is 0 Å². The van der Waals surface area contributed by atoms with Gasteiger partial charge in [-0.15, -0.1) is 0 Å². The van der Waals surface area contributed by atoms with E-state index < -0.39 is 0 Å². The summed E-state index contributed by atoms with van der Waals surface area (Å²) < 4.78 is 6.63. The van der Waals surface area contributed by atoms with Crippen LogP contribution in [-0.4, -0.2) is 4.98 Å². The second-order valence-electron chi connectivity index (χ2n) is 13.2. The van der Waals surface area contributed by atoms with Crippen molar-refractivity contribution in [3.05, 3.63) is 194 Å². The van der Waals surface area contributed by atoms with E-state index in [9.17, 15) is 0 Å². The van der Waals surface area contributed by atoms with Crippen LogP contribution < -0.4 is 4.90 Å². The smallest absolute Gasteiger partial charge is 0.155 e. The first-order valence-electron chi connectivity index (χ1n) is 17.6. The van der Waals surface area contributed by atoms with E-state index in [1.807, 2.05) is 12.4 Å². The van der Waals surface area contributed by atoms with E-state index in [1.54, 1.807) is 0 Å². The molecule has 52 heavy (non-hydrogen) atoms. The minimum atomic E-state index is 0.755. The molecule has 0 fully saturated rings. The third-order valence-electron chi connectivity index (χ3n) is 10.2. The average molecular weight is 665 g/mol. The summed E-state index contributed by atoms with van der Waals surface area (Å²) in [6.07, 6.45) is 3.81. The Morgan fingerprint density at radius 3 is 1.83 bits per heavy atom. The second-order valence-corrected chi connectivity index (χ2v) is 13.2. The zero-order valence-corrected chi connectivity index (χ0v) is 28.3. The lowest BCUT2D eigenvalue weighted by molar-refractivity contribution is 0.670. The summed E-state index contributed by atoms with van der Waals surface area (Å²) in [6, 6.07) is 64.8. The van der Waals surface area contributed by atoms with Crippen LogP contribution in [0.1, 0.15) is 0 Å². The standard InChI is InChI=1S/C49H32N2O/c1-3-12-33(13-4-1)34-22-25-38(26-23-34)51(46-31-50-32-47-48(46)44-28-24-37-17-8-10-20-41(37)49(44)52-47)39-27-29-43(45(30-39)36-14-5-2-6-15-36)42-21-11-18-35-16-7-9-19-40(35)42/h1-32H. The summed E-state index contributed by atoms with van der Waals surface area (Å²) >= 11 is 0. The van der Waals surface area contributed by atoms with Crippen LogP contribution in [0.4, 0.5) is 17.1 Å². The number of furan rings is 1. The highest BCUT2D eigenvalue weighted by atomic mass is 16.3. The molecule has 0 bridgehead atoms. The minimum Gasteiger partial charge on any atom is -0.454 e. The number of fused-ring (bicyclic) bond motifs is 6. The molecule has 2 aromatic heterocycles. The first kappa shape index (κ1) is 29.9. The van der Waals surface area contributed by atoms with Gasteiger partial charge in [-0.05, 0) is 79.9 Å². The van der Waals surface area contributed by atoms with Crippen molar-refractivity contribution < 1.29 is 4.42 Å². The fourth-order valence-electron chi connectivity index (χ4n) is 7.69. The van der Waals surface area contributed by atoms with Crippen LogP contribution in [0.15, 0.2) is 199 Å². The molecule has 3 nitrogen and oxygen atoms in total.